The first kappa shape index (κ1) is 75.5. The smallest absolute Gasteiger partial charge is 0.306 e. The van der Waals surface area contributed by atoms with Crippen molar-refractivity contribution < 1.29 is 28.6 Å². The van der Waals surface area contributed by atoms with Gasteiger partial charge < -0.3 is 14.2 Å². The molecule has 0 bridgehead atoms. The van der Waals surface area contributed by atoms with E-state index in [0.717, 1.165) is 116 Å². The molecule has 6 nitrogen and oxygen atoms in total. The molecule has 0 radical (unpaired) electrons. The first-order valence-corrected chi connectivity index (χ1v) is 33.2. The number of ether oxygens (including phenoxy) is 3. The third-order valence-electron chi connectivity index (χ3n) is 13.9. The molecule has 0 aliphatic rings. The molecule has 1 unspecified atom stereocenters. The van der Waals surface area contributed by atoms with E-state index in [-0.39, 0.29) is 37.5 Å². The number of rotatable bonds is 59. The van der Waals surface area contributed by atoms with Crippen LogP contribution in [-0.4, -0.2) is 37.2 Å². The fourth-order valence-corrected chi connectivity index (χ4v) is 8.90. The molecule has 454 valence electrons. The van der Waals surface area contributed by atoms with Crippen molar-refractivity contribution in [2.45, 2.75) is 303 Å². The quantitative estimate of drug-likeness (QED) is 0.0261. The lowest BCUT2D eigenvalue weighted by Gasteiger charge is -2.18. The van der Waals surface area contributed by atoms with E-state index >= 15 is 0 Å². The average molecular weight is 1110 g/mol. The van der Waals surface area contributed by atoms with Crippen LogP contribution < -0.4 is 0 Å². The van der Waals surface area contributed by atoms with Crippen LogP contribution in [0.2, 0.25) is 0 Å². The third-order valence-corrected chi connectivity index (χ3v) is 13.9. The minimum atomic E-state index is -0.818. The molecule has 0 aromatic rings. The van der Waals surface area contributed by atoms with E-state index in [2.05, 4.69) is 154 Å². The lowest BCUT2D eigenvalue weighted by Crippen LogP contribution is -2.30. The normalized spacial score (nSPS) is 13.0. The van der Waals surface area contributed by atoms with Crippen molar-refractivity contribution in [2.75, 3.05) is 13.2 Å². The zero-order valence-corrected chi connectivity index (χ0v) is 52.0. The van der Waals surface area contributed by atoms with Crippen LogP contribution in [0.25, 0.3) is 0 Å². The van der Waals surface area contributed by atoms with Crippen LogP contribution in [0.5, 0.6) is 0 Å². The summed E-state index contributed by atoms with van der Waals surface area (Å²) in [5.74, 6) is -0.977. The number of hydrogen-bond acceptors (Lipinski definition) is 6. The van der Waals surface area contributed by atoms with Crippen LogP contribution in [0.3, 0.4) is 0 Å². The van der Waals surface area contributed by atoms with Crippen LogP contribution in [0.15, 0.2) is 134 Å². The minimum Gasteiger partial charge on any atom is -0.462 e. The molecule has 0 fully saturated rings. The Kier molecular flexibility index (Phi) is 63.3. The molecular formula is C74H122O6. The van der Waals surface area contributed by atoms with Gasteiger partial charge in [-0.2, -0.15) is 0 Å². The molecule has 0 aromatic carbocycles. The molecule has 0 aromatic heterocycles. The molecule has 0 aliphatic heterocycles. The summed E-state index contributed by atoms with van der Waals surface area (Å²) >= 11 is 0. The summed E-state index contributed by atoms with van der Waals surface area (Å²) in [6.45, 7) is 6.44. The van der Waals surface area contributed by atoms with Gasteiger partial charge in [-0.05, 0) is 135 Å². The highest BCUT2D eigenvalue weighted by molar-refractivity contribution is 5.71. The summed E-state index contributed by atoms with van der Waals surface area (Å²) in [4.78, 5) is 38.3. The van der Waals surface area contributed by atoms with Crippen LogP contribution in [0.4, 0.5) is 0 Å². The number of allylic oxidation sites excluding steroid dienone is 22. The van der Waals surface area contributed by atoms with Crippen molar-refractivity contribution in [3.63, 3.8) is 0 Å². The molecule has 0 N–H and O–H groups in total. The zero-order valence-electron chi connectivity index (χ0n) is 52.0. The van der Waals surface area contributed by atoms with Gasteiger partial charge >= 0.3 is 17.9 Å². The second-order valence-corrected chi connectivity index (χ2v) is 21.6. The van der Waals surface area contributed by atoms with Crippen molar-refractivity contribution in [1.29, 1.82) is 0 Å². The Balaban J connectivity index is 4.39. The summed E-state index contributed by atoms with van der Waals surface area (Å²) in [7, 11) is 0. The van der Waals surface area contributed by atoms with Crippen molar-refractivity contribution in [3.8, 4) is 0 Å². The second-order valence-electron chi connectivity index (χ2n) is 21.6. The van der Waals surface area contributed by atoms with E-state index < -0.39 is 6.10 Å². The van der Waals surface area contributed by atoms with Gasteiger partial charge in [0.15, 0.2) is 6.10 Å². The Bertz CT molecular complexity index is 1700. The second kappa shape index (κ2) is 67.1. The Hall–Kier alpha value is -4.45. The Labute approximate surface area is 494 Å². The van der Waals surface area contributed by atoms with E-state index in [9.17, 15) is 14.4 Å². The Morgan fingerprint density at radius 1 is 0.263 bits per heavy atom. The maximum absolute atomic E-state index is 12.9. The highest BCUT2D eigenvalue weighted by atomic mass is 16.6. The summed E-state index contributed by atoms with van der Waals surface area (Å²) in [5.41, 5.74) is 0. The fourth-order valence-electron chi connectivity index (χ4n) is 8.90. The van der Waals surface area contributed by atoms with Crippen molar-refractivity contribution >= 4 is 17.9 Å². The van der Waals surface area contributed by atoms with Gasteiger partial charge in [0.2, 0.25) is 0 Å². The minimum absolute atomic E-state index is 0.108. The first-order chi connectivity index (χ1) is 39.5. The largest absolute Gasteiger partial charge is 0.462 e. The summed E-state index contributed by atoms with van der Waals surface area (Å²) < 4.78 is 16.9. The lowest BCUT2D eigenvalue weighted by atomic mass is 10.0. The Morgan fingerprint density at radius 3 is 0.838 bits per heavy atom. The number of carbonyl (C=O) groups excluding carboxylic acids is 3. The van der Waals surface area contributed by atoms with Crippen LogP contribution >= 0.6 is 0 Å². The van der Waals surface area contributed by atoms with Crippen molar-refractivity contribution in [1.82, 2.24) is 0 Å². The first-order valence-electron chi connectivity index (χ1n) is 33.2. The topological polar surface area (TPSA) is 78.9 Å². The van der Waals surface area contributed by atoms with Crippen molar-refractivity contribution in [2.24, 2.45) is 0 Å². The maximum atomic E-state index is 12.9. The SMILES string of the molecule is CC/C=C\C/C=C\C/C=C\C/C=C\C/C=C\C/C=C\C/C=C\CCCC(=O)OC(COC(=O)CCCCCCC/C=C\CCCCC)COC(=O)CCCCCCCCCCCCCC/C=C\C/C=C\C/C=C\CCCCCCC. The van der Waals surface area contributed by atoms with Gasteiger partial charge in [-0.25, -0.2) is 0 Å². The standard InChI is InChI=1S/C74H122O6/c1-4-7-10-13-16-19-22-25-27-29-31-33-35-36-37-38-40-41-43-45-47-49-52-55-58-61-64-67-73(76)79-70-71(69-78-72(75)66-63-60-57-54-51-24-21-18-15-12-9-6-3)80-74(77)68-65-62-59-56-53-50-48-46-44-42-39-34-32-30-28-26-23-20-17-14-11-8-5-2/h8,11,17-18,20-22,25-26,28-29,31-32,34-36,42,44,48,50,56,59,71H,4-7,9-10,12-16,19,23-24,27,30,33,37-41,43,45-47,49,51-55,57-58,60-70H2,1-3H3/b11-8-,20-17-,21-18-,25-22-,28-26-,31-29-,34-32-,36-35-,44-42-,50-48-,59-56-. The molecule has 0 amide bonds. The van der Waals surface area contributed by atoms with Crippen LogP contribution in [0, 0.1) is 0 Å². The van der Waals surface area contributed by atoms with E-state index in [0.29, 0.717) is 19.3 Å². The van der Waals surface area contributed by atoms with Gasteiger partial charge in [-0.15, -0.1) is 0 Å². The third kappa shape index (κ3) is 64.4. The lowest BCUT2D eigenvalue weighted by molar-refractivity contribution is -0.167. The van der Waals surface area contributed by atoms with Gasteiger partial charge in [0.1, 0.15) is 13.2 Å². The van der Waals surface area contributed by atoms with Gasteiger partial charge in [0.05, 0.1) is 0 Å². The molecule has 0 saturated carbocycles. The molecule has 0 aliphatic carbocycles. The molecular weight excluding hydrogens is 985 g/mol. The molecule has 0 heterocycles. The van der Waals surface area contributed by atoms with Crippen LogP contribution in [0.1, 0.15) is 297 Å². The molecule has 80 heavy (non-hydrogen) atoms. The summed E-state index contributed by atoms with van der Waals surface area (Å²) in [6, 6.07) is 0. The number of unbranched alkanes of at least 4 members (excludes halogenated alkanes) is 26. The molecule has 0 spiro atoms. The van der Waals surface area contributed by atoms with E-state index in [4.69, 9.17) is 14.2 Å². The molecule has 0 rings (SSSR count). The molecule has 0 saturated heterocycles. The summed E-state index contributed by atoms with van der Waals surface area (Å²) in [6.07, 6.45) is 94.7. The monoisotopic (exact) mass is 1110 g/mol. The van der Waals surface area contributed by atoms with Crippen LogP contribution in [-0.2, 0) is 28.6 Å². The van der Waals surface area contributed by atoms with E-state index in [1.54, 1.807) is 0 Å². The van der Waals surface area contributed by atoms with E-state index in [1.807, 2.05) is 0 Å². The van der Waals surface area contributed by atoms with Gasteiger partial charge in [0.25, 0.3) is 0 Å². The fraction of sp³-hybridized carbons (Fsp3) is 0.662. The molecule has 6 heteroatoms. The van der Waals surface area contributed by atoms with Crippen molar-refractivity contribution in [3.05, 3.63) is 134 Å². The average Bonchev–Trinajstić information content (AvgIpc) is 3.46. The summed E-state index contributed by atoms with van der Waals surface area (Å²) in [5, 5.41) is 0. The van der Waals surface area contributed by atoms with Gasteiger partial charge in [0, 0.05) is 19.3 Å². The Morgan fingerprint density at radius 2 is 0.500 bits per heavy atom. The van der Waals surface area contributed by atoms with E-state index in [1.165, 1.54) is 135 Å². The molecule has 1 atom stereocenters. The zero-order chi connectivity index (χ0) is 57.8. The van der Waals surface area contributed by atoms with Gasteiger partial charge in [-0.3, -0.25) is 14.4 Å². The highest BCUT2D eigenvalue weighted by Gasteiger charge is 2.19. The predicted octanol–water partition coefficient (Wildman–Crippen LogP) is 22.9. The van der Waals surface area contributed by atoms with Gasteiger partial charge in [-0.1, -0.05) is 276 Å². The maximum Gasteiger partial charge on any atom is 0.306 e. The highest BCUT2D eigenvalue weighted by Crippen LogP contribution is 2.15. The predicted molar refractivity (Wildman–Crippen MR) is 348 cm³/mol. The number of esters is 3. The number of hydrogen-bond donors (Lipinski definition) is 0. The number of carbonyl (C=O) groups is 3.